The molecule has 122 valence electrons. The summed E-state index contributed by atoms with van der Waals surface area (Å²) in [5, 5.41) is 0.329. The van der Waals surface area contributed by atoms with Crippen LogP contribution in [0, 0.1) is 6.92 Å². The number of rotatable bonds is 2. The molecule has 2 aromatic heterocycles. The van der Waals surface area contributed by atoms with Crippen LogP contribution in [0.15, 0.2) is 36.5 Å². The molecule has 0 spiro atoms. The Morgan fingerprint density at radius 2 is 2.21 bits per heavy atom. The number of halogens is 1. The largest absolute Gasteiger partial charge is 0.340 e. The fourth-order valence-electron chi connectivity index (χ4n) is 3.30. The molecule has 1 aromatic carbocycles. The summed E-state index contributed by atoms with van der Waals surface area (Å²) in [5.41, 5.74) is 3.69. The lowest BCUT2D eigenvalue weighted by Crippen LogP contribution is -2.31. The minimum atomic E-state index is -0.0304. The van der Waals surface area contributed by atoms with Crippen LogP contribution >= 0.6 is 11.6 Å². The summed E-state index contributed by atoms with van der Waals surface area (Å²) in [6, 6.07) is 9.41. The molecule has 1 fully saturated rings. The van der Waals surface area contributed by atoms with E-state index in [0.29, 0.717) is 10.7 Å². The first-order valence-corrected chi connectivity index (χ1v) is 8.38. The number of likely N-dealkylation sites (tertiary alicyclic amines) is 1. The lowest BCUT2D eigenvalue weighted by atomic mass is 10.2. The van der Waals surface area contributed by atoms with E-state index in [1.807, 2.05) is 17.0 Å². The van der Waals surface area contributed by atoms with Crippen LogP contribution in [-0.4, -0.2) is 32.3 Å². The fourth-order valence-corrected chi connectivity index (χ4v) is 3.47. The van der Waals surface area contributed by atoms with Crippen molar-refractivity contribution in [2.45, 2.75) is 25.8 Å². The molecule has 1 amide bonds. The van der Waals surface area contributed by atoms with Crippen molar-refractivity contribution in [3.05, 3.63) is 58.6 Å². The topological polar surface area (TPSA) is 61.9 Å². The highest BCUT2D eigenvalue weighted by Gasteiger charge is 2.32. The molecule has 1 saturated heterocycles. The second-order valence-electron chi connectivity index (χ2n) is 6.17. The average Bonchev–Trinajstić information content (AvgIpc) is 3.19. The van der Waals surface area contributed by atoms with Gasteiger partial charge in [-0.05, 0) is 49.6 Å². The maximum absolute atomic E-state index is 12.9. The Labute approximate surface area is 144 Å². The van der Waals surface area contributed by atoms with E-state index >= 15 is 0 Å². The van der Waals surface area contributed by atoms with Crippen molar-refractivity contribution in [3.63, 3.8) is 0 Å². The van der Waals surface area contributed by atoms with Gasteiger partial charge in [-0.2, -0.15) is 0 Å². The first-order chi connectivity index (χ1) is 11.6. The van der Waals surface area contributed by atoms with Gasteiger partial charge in [-0.15, -0.1) is 0 Å². The van der Waals surface area contributed by atoms with E-state index in [4.69, 9.17) is 16.6 Å². The Morgan fingerprint density at radius 3 is 3.04 bits per heavy atom. The number of fused-ring (bicyclic) bond motifs is 1. The second kappa shape index (κ2) is 5.91. The SMILES string of the molecule is Cc1ccc2nc(C3CCCN3C(=O)c3ccnc(Cl)c3)[nH]c2c1. The molecule has 3 heterocycles. The standard InChI is InChI=1S/C18H17ClN4O/c1-11-4-5-13-14(9-11)22-17(21-13)15-3-2-8-23(15)18(24)12-6-7-20-16(19)10-12/h4-7,9-10,15H,2-3,8H2,1H3,(H,21,22). The minimum absolute atomic E-state index is 0.0292. The van der Waals surface area contributed by atoms with Gasteiger partial charge in [0.15, 0.2) is 0 Å². The van der Waals surface area contributed by atoms with Gasteiger partial charge in [-0.3, -0.25) is 4.79 Å². The number of hydrogen-bond donors (Lipinski definition) is 1. The minimum Gasteiger partial charge on any atom is -0.340 e. The van der Waals surface area contributed by atoms with Crippen LogP contribution in [0.4, 0.5) is 0 Å². The van der Waals surface area contributed by atoms with Crippen LogP contribution in [0.1, 0.15) is 40.6 Å². The van der Waals surface area contributed by atoms with Crippen LogP contribution in [0.25, 0.3) is 11.0 Å². The van der Waals surface area contributed by atoms with E-state index in [-0.39, 0.29) is 11.9 Å². The summed E-state index contributed by atoms with van der Waals surface area (Å²) in [6.07, 6.45) is 3.43. The lowest BCUT2D eigenvalue weighted by molar-refractivity contribution is 0.0730. The van der Waals surface area contributed by atoms with E-state index in [2.05, 4.69) is 23.0 Å². The molecule has 1 aliphatic rings. The molecule has 5 nitrogen and oxygen atoms in total. The number of imidazole rings is 1. The molecular weight excluding hydrogens is 324 g/mol. The summed E-state index contributed by atoms with van der Waals surface area (Å²) in [7, 11) is 0. The van der Waals surface area contributed by atoms with Crippen LogP contribution in [0.5, 0.6) is 0 Å². The third kappa shape index (κ3) is 2.65. The predicted octanol–water partition coefficient (Wildman–Crippen LogP) is 3.90. The molecule has 1 atom stereocenters. The number of aromatic amines is 1. The zero-order valence-corrected chi connectivity index (χ0v) is 14.0. The molecule has 0 bridgehead atoms. The van der Waals surface area contributed by atoms with Gasteiger partial charge in [-0.1, -0.05) is 17.7 Å². The summed E-state index contributed by atoms with van der Waals surface area (Å²) >= 11 is 5.92. The molecular formula is C18H17ClN4O. The van der Waals surface area contributed by atoms with Gasteiger partial charge in [0.05, 0.1) is 17.1 Å². The number of carbonyl (C=O) groups is 1. The third-order valence-corrected chi connectivity index (χ3v) is 4.67. The maximum atomic E-state index is 12.9. The Kier molecular flexibility index (Phi) is 3.73. The average molecular weight is 341 g/mol. The summed E-state index contributed by atoms with van der Waals surface area (Å²) in [6.45, 7) is 2.78. The van der Waals surface area contributed by atoms with Gasteiger partial charge in [0.25, 0.3) is 5.91 Å². The Hall–Kier alpha value is -2.40. The molecule has 24 heavy (non-hydrogen) atoms. The number of benzene rings is 1. The number of amides is 1. The molecule has 3 aromatic rings. The summed E-state index contributed by atoms with van der Waals surface area (Å²) in [4.78, 5) is 26.7. The number of aromatic nitrogens is 3. The zero-order valence-electron chi connectivity index (χ0n) is 13.3. The molecule has 4 rings (SSSR count). The smallest absolute Gasteiger partial charge is 0.254 e. The quantitative estimate of drug-likeness (QED) is 0.720. The Balaban J connectivity index is 1.67. The van der Waals surface area contributed by atoms with Crippen LogP contribution in [-0.2, 0) is 0 Å². The van der Waals surface area contributed by atoms with Crippen molar-refractivity contribution in [2.24, 2.45) is 0 Å². The molecule has 1 unspecified atom stereocenters. The van der Waals surface area contributed by atoms with E-state index in [9.17, 15) is 4.79 Å². The van der Waals surface area contributed by atoms with Crippen molar-refractivity contribution in [2.75, 3.05) is 6.54 Å². The van der Waals surface area contributed by atoms with Gasteiger partial charge < -0.3 is 9.88 Å². The lowest BCUT2D eigenvalue weighted by Gasteiger charge is -2.23. The molecule has 1 aliphatic heterocycles. The molecule has 1 N–H and O–H groups in total. The van der Waals surface area contributed by atoms with Crippen LogP contribution < -0.4 is 0 Å². The molecule has 0 saturated carbocycles. The first-order valence-electron chi connectivity index (χ1n) is 8.00. The number of nitrogens with one attached hydrogen (secondary N) is 1. The van der Waals surface area contributed by atoms with Crippen molar-refractivity contribution in [1.82, 2.24) is 19.9 Å². The third-order valence-electron chi connectivity index (χ3n) is 4.46. The Morgan fingerprint density at radius 1 is 1.33 bits per heavy atom. The van der Waals surface area contributed by atoms with Crippen LogP contribution in [0.3, 0.4) is 0 Å². The number of pyridine rings is 1. The number of nitrogens with zero attached hydrogens (tertiary/aromatic N) is 3. The molecule has 0 aliphatic carbocycles. The van der Waals surface area contributed by atoms with Gasteiger partial charge in [0.2, 0.25) is 0 Å². The highest BCUT2D eigenvalue weighted by molar-refractivity contribution is 6.29. The van der Waals surface area contributed by atoms with E-state index in [0.717, 1.165) is 36.2 Å². The van der Waals surface area contributed by atoms with E-state index in [1.165, 1.54) is 5.56 Å². The normalized spacial score (nSPS) is 17.6. The van der Waals surface area contributed by atoms with E-state index < -0.39 is 0 Å². The zero-order chi connectivity index (χ0) is 16.7. The second-order valence-corrected chi connectivity index (χ2v) is 6.55. The monoisotopic (exact) mass is 340 g/mol. The van der Waals surface area contributed by atoms with Gasteiger partial charge in [-0.25, -0.2) is 9.97 Å². The predicted molar refractivity (Wildman–Crippen MR) is 93.1 cm³/mol. The summed E-state index contributed by atoms with van der Waals surface area (Å²) < 4.78 is 0. The van der Waals surface area contributed by atoms with Crippen molar-refractivity contribution < 1.29 is 4.79 Å². The highest BCUT2D eigenvalue weighted by Crippen LogP contribution is 2.33. The first kappa shape index (κ1) is 15.1. The number of H-pyrrole nitrogens is 1. The van der Waals surface area contributed by atoms with Crippen molar-refractivity contribution in [3.8, 4) is 0 Å². The number of hydrogen-bond acceptors (Lipinski definition) is 3. The van der Waals surface area contributed by atoms with Gasteiger partial charge in [0.1, 0.15) is 11.0 Å². The highest BCUT2D eigenvalue weighted by atomic mass is 35.5. The van der Waals surface area contributed by atoms with E-state index in [1.54, 1.807) is 18.3 Å². The molecule has 0 radical (unpaired) electrons. The maximum Gasteiger partial charge on any atom is 0.254 e. The number of aryl methyl sites for hydroxylation is 1. The Bertz CT molecular complexity index is 920. The van der Waals surface area contributed by atoms with Gasteiger partial charge in [0, 0.05) is 18.3 Å². The van der Waals surface area contributed by atoms with Crippen molar-refractivity contribution >= 4 is 28.5 Å². The van der Waals surface area contributed by atoms with Crippen molar-refractivity contribution in [1.29, 1.82) is 0 Å². The van der Waals surface area contributed by atoms with Crippen LogP contribution in [0.2, 0.25) is 5.15 Å². The molecule has 6 heteroatoms. The fraction of sp³-hybridized carbons (Fsp3) is 0.278. The summed E-state index contributed by atoms with van der Waals surface area (Å²) in [5.74, 6) is 0.819. The number of carbonyl (C=O) groups excluding carboxylic acids is 1. The van der Waals surface area contributed by atoms with Gasteiger partial charge >= 0.3 is 0 Å².